The molecule has 2 unspecified atom stereocenters. The molecule has 0 N–H and O–H groups in total. The normalized spacial score (nSPS) is 19.5. The second-order valence-corrected chi connectivity index (χ2v) is 6.47. The molecule has 0 aliphatic carbocycles. The molecule has 2 heterocycles. The van der Waals surface area contributed by atoms with E-state index in [1.165, 1.54) is 11.8 Å². The molecule has 0 spiro atoms. The van der Waals surface area contributed by atoms with Gasteiger partial charge in [-0.3, -0.25) is 9.59 Å². The lowest BCUT2D eigenvalue weighted by Crippen LogP contribution is -2.45. The summed E-state index contributed by atoms with van der Waals surface area (Å²) in [5, 5.41) is 0.311. The minimum absolute atomic E-state index is 0.0199. The third-order valence-electron chi connectivity index (χ3n) is 3.53. The number of nitrogens with zero attached hydrogens (tertiary/aromatic N) is 3. The molecule has 1 aliphatic rings. The number of aromatic nitrogens is 2. The quantitative estimate of drug-likeness (QED) is 0.467. The minimum atomic E-state index is -0.275. The van der Waals surface area contributed by atoms with E-state index in [9.17, 15) is 9.59 Å². The van der Waals surface area contributed by atoms with Gasteiger partial charge in [0.2, 0.25) is 5.91 Å². The Hall–Kier alpha value is -1.63. The van der Waals surface area contributed by atoms with Crippen molar-refractivity contribution in [2.75, 3.05) is 19.7 Å². The molecule has 22 heavy (non-hydrogen) atoms. The van der Waals surface area contributed by atoms with Crippen molar-refractivity contribution in [3.63, 3.8) is 0 Å². The standard InChI is InChI=1S/C15H21N3O3S/c1-3-21-14(20)12-6-4-9-18(10-12)13(19)11(2)22-15-16-7-5-8-17-15/h5,7-8,11-12H,3-4,6,9-10H2,1-2H3. The first-order valence-corrected chi connectivity index (χ1v) is 8.39. The highest BCUT2D eigenvalue weighted by Gasteiger charge is 2.31. The second-order valence-electron chi connectivity index (χ2n) is 5.17. The first-order valence-electron chi connectivity index (χ1n) is 7.51. The van der Waals surface area contributed by atoms with Gasteiger partial charge in [-0.15, -0.1) is 0 Å². The van der Waals surface area contributed by atoms with Gasteiger partial charge < -0.3 is 9.64 Å². The van der Waals surface area contributed by atoms with E-state index in [0.29, 0.717) is 24.9 Å². The van der Waals surface area contributed by atoms with E-state index < -0.39 is 0 Å². The lowest BCUT2D eigenvalue weighted by molar-refractivity contribution is -0.151. The highest BCUT2D eigenvalue weighted by atomic mass is 32.2. The lowest BCUT2D eigenvalue weighted by atomic mass is 9.98. The Morgan fingerprint density at radius 3 is 2.86 bits per heavy atom. The molecule has 0 aromatic carbocycles. The molecule has 1 fully saturated rings. The topological polar surface area (TPSA) is 72.4 Å². The summed E-state index contributed by atoms with van der Waals surface area (Å²) < 4.78 is 5.06. The largest absolute Gasteiger partial charge is 0.466 e. The van der Waals surface area contributed by atoms with Crippen LogP contribution in [-0.2, 0) is 14.3 Å². The number of ether oxygens (including phenoxy) is 1. The summed E-state index contributed by atoms with van der Waals surface area (Å²) >= 11 is 1.34. The van der Waals surface area contributed by atoms with Crippen LogP contribution in [0.15, 0.2) is 23.6 Å². The van der Waals surface area contributed by atoms with Crippen molar-refractivity contribution >= 4 is 23.6 Å². The minimum Gasteiger partial charge on any atom is -0.466 e. The summed E-state index contributed by atoms with van der Waals surface area (Å²) in [6.45, 7) is 5.15. The van der Waals surface area contributed by atoms with Crippen LogP contribution < -0.4 is 0 Å². The van der Waals surface area contributed by atoms with Crippen LogP contribution in [0.2, 0.25) is 0 Å². The Morgan fingerprint density at radius 1 is 1.45 bits per heavy atom. The number of hydrogen-bond acceptors (Lipinski definition) is 6. The molecule has 1 aromatic rings. The number of rotatable bonds is 5. The van der Waals surface area contributed by atoms with Crippen LogP contribution in [0.25, 0.3) is 0 Å². The summed E-state index contributed by atoms with van der Waals surface area (Å²) in [7, 11) is 0. The van der Waals surface area contributed by atoms with E-state index in [4.69, 9.17) is 4.74 Å². The molecule has 2 rings (SSSR count). The number of carbonyl (C=O) groups excluding carboxylic acids is 2. The molecule has 120 valence electrons. The Bertz CT molecular complexity index is 512. The fraction of sp³-hybridized carbons (Fsp3) is 0.600. The predicted octanol–water partition coefficient (Wildman–Crippen LogP) is 1.76. The predicted molar refractivity (Wildman–Crippen MR) is 83.3 cm³/mol. The third kappa shape index (κ3) is 4.43. The van der Waals surface area contributed by atoms with Crippen LogP contribution in [0.1, 0.15) is 26.7 Å². The Morgan fingerprint density at radius 2 is 2.18 bits per heavy atom. The van der Waals surface area contributed by atoms with Crippen molar-refractivity contribution in [2.24, 2.45) is 5.92 Å². The molecular formula is C15H21N3O3S. The van der Waals surface area contributed by atoms with Crippen LogP contribution in [-0.4, -0.2) is 51.7 Å². The monoisotopic (exact) mass is 323 g/mol. The number of piperidine rings is 1. The average molecular weight is 323 g/mol. The van der Waals surface area contributed by atoms with Crippen molar-refractivity contribution in [1.29, 1.82) is 0 Å². The smallest absolute Gasteiger partial charge is 0.310 e. The molecular weight excluding hydrogens is 302 g/mol. The molecule has 0 saturated carbocycles. The maximum absolute atomic E-state index is 12.5. The SMILES string of the molecule is CCOC(=O)C1CCCN(C(=O)C(C)Sc2ncccn2)C1. The Kier molecular flexibility index (Phi) is 6.18. The Balaban J connectivity index is 1.92. The lowest BCUT2D eigenvalue weighted by Gasteiger charge is -2.33. The molecule has 6 nitrogen and oxygen atoms in total. The van der Waals surface area contributed by atoms with Gasteiger partial charge in [0.1, 0.15) is 0 Å². The van der Waals surface area contributed by atoms with Gasteiger partial charge in [-0.05, 0) is 32.8 Å². The van der Waals surface area contributed by atoms with Crippen LogP contribution >= 0.6 is 11.8 Å². The van der Waals surface area contributed by atoms with Gasteiger partial charge in [-0.25, -0.2) is 9.97 Å². The Labute approximate surface area is 134 Å². The van der Waals surface area contributed by atoms with Gasteiger partial charge >= 0.3 is 5.97 Å². The number of carbonyl (C=O) groups is 2. The number of esters is 1. The van der Waals surface area contributed by atoms with E-state index in [0.717, 1.165) is 12.8 Å². The van der Waals surface area contributed by atoms with Crippen LogP contribution in [0, 0.1) is 5.92 Å². The maximum Gasteiger partial charge on any atom is 0.310 e. The number of likely N-dealkylation sites (tertiary alicyclic amines) is 1. The van der Waals surface area contributed by atoms with Crippen molar-refractivity contribution in [1.82, 2.24) is 14.9 Å². The number of hydrogen-bond donors (Lipinski definition) is 0. The van der Waals surface area contributed by atoms with Crippen molar-refractivity contribution < 1.29 is 14.3 Å². The summed E-state index contributed by atoms with van der Waals surface area (Å²) in [5.41, 5.74) is 0. The fourth-order valence-electron chi connectivity index (χ4n) is 2.44. The molecule has 1 aliphatic heterocycles. The van der Waals surface area contributed by atoms with Crippen LogP contribution in [0.4, 0.5) is 0 Å². The van der Waals surface area contributed by atoms with Crippen molar-refractivity contribution in [3.05, 3.63) is 18.5 Å². The fourth-order valence-corrected chi connectivity index (χ4v) is 3.25. The molecule has 7 heteroatoms. The summed E-state index contributed by atoms with van der Waals surface area (Å²) in [5.74, 6) is -0.388. The molecule has 2 atom stereocenters. The molecule has 0 bridgehead atoms. The van der Waals surface area contributed by atoms with Gasteiger partial charge in [0.15, 0.2) is 5.16 Å². The third-order valence-corrected chi connectivity index (χ3v) is 4.50. The van der Waals surface area contributed by atoms with Gasteiger partial charge in [-0.1, -0.05) is 11.8 Å². The van der Waals surface area contributed by atoms with Gasteiger partial charge in [0.25, 0.3) is 0 Å². The van der Waals surface area contributed by atoms with Gasteiger partial charge in [0, 0.05) is 25.5 Å². The van der Waals surface area contributed by atoms with Crippen LogP contribution in [0.5, 0.6) is 0 Å². The zero-order valence-electron chi connectivity index (χ0n) is 12.9. The van der Waals surface area contributed by atoms with E-state index in [1.54, 1.807) is 30.3 Å². The second kappa shape index (κ2) is 8.12. The average Bonchev–Trinajstić information content (AvgIpc) is 2.55. The molecule has 0 radical (unpaired) electrons. The summed E-state index contributed by atoms with van der Waals surface area (Å²) in [6, 6.07) is 1.74. The van der Waals surface area contributed by atoms with Crippen molar-refractivity contribution in [2.45, 2.75) is 37.1 Å². The highest BCUT2D eigenvalue weighted by Crippen LogP contribution is 2.24. The van der Waals surface area contributed by atoms with E-state index in [-0.39, 0.29) is 23.0 Å². The summed E-state index contributed by atoms with van der Waals surface area (Å²) in [4.78, 5) is 34.4. The molecule has 1 aromatic heterocycles. The first kappa shape index (κ1) is 16.7. The zero-order valence-corrected chi connectivity index (χ0v) is 13.7. The van der Waals surface area contributed by atoms with E-state index in [2.05, 4.69) is 9.97 Å². The first-order chi connectivity index (χ1) is 10.6. The maximum atomic E-state index is 12.5. The van der Waals surface area contributed by atoms with Crippen molar-refractivity contribution in [3.8, 4) is 0 Å². The number of amides is 1. The van der Waals surface area contributed by atoms with Crippen LogP contribution in [0.3, 0.4) is 0 Å². The van der Waals surface area contributed by atoms with E-state index in [1.807, 2.05) is 6.92 Å². The number of thioether (sulfide) groups is 1. The zero-order chi connectivity index (χ0) is 15.9. The van der Waals surface area contributed by atoms with E-state index >= 15 is 0 Å². The highest BCUT2D eigenvalue weighted by molar-refractivity contribution is 8.00. The van der Waals surface area contributed by atoms with Gasteiger partial charge in [0.05, 0.1) is 17.8 Å². The molecule has 1 amide bonds. The summed E-state index contributed by atoms with van der Waals surface area (Å²) in [6.07, 6.45) is 4.93. The molecule has 1 saturated heterocycles. The van der Waals surface area contributed by atoms with Gasteiger partial charge in [-0.2, -0.15) is 0 Å².